The molecule has 4 rings (SSSR count). The van der Waals surface area contributed by atoms with Crippen LogP contribution in [0.2, 0.25) is 0 Å². The van der Waals surface area contributed by atoms with Crippen molar-refractivity contribution in [3.63, 3.8) is 0 Å². The second-order valence-electron chi connectivity index (χ2n) is 7.28. The number of rotatable bonds is 7. The van der Waals surface area contributed by atoms with Crippen LogP contribution in [0.3, 0.4) is 0 Å². The number of aromatic nitrogens is 6. The Morgan fingerprint density at radius 2 is 2.07 bits per heavy atom. The Morgan fingerprint density at radius 3 is 2.93 bits per heavy atom. The summed E-state index contributed by atoms with van der Waals surface area (Å²) in [5.41, 5.74) is 3.30. The van der Waals surface area contributed by atoms with Crippen molar-refractivity contribution in [3.05, 3.63) is 54.0 Å². The van der Waals surface area contributed by atoms with Crippen LogP contribution in [0.15, 0.2) is 42.6 Å². The fourth-order valence-electron chi connectivity index (χ4n) is 3.32. The Bertz CT molecular complexity index is 1110. The zero-order valence-corrected chi connectivity index (χ0v) is 16.0. The van der Waals surface area contributed by atoms with E-state index in [0.29, 0.717) is 23.7 Å². The number of hydrogen-bond donors (Lipinski definition) is 1. The second kappa shape index (κ2) is 7.75. The van der Waals surface area contributed by atoms with Gasteiger partial charge in [0.25, 0.3) is 5.91 Å². The van der Waals surface area contributed by atoms with Gasteiger partial charge >= 0.3 is 0 Å². The number of tetrazole rings is 1. The lowest BCUT2D eigenvalue weighted by Gasteiger charge is -2.12. The van der Waals surface area contributed by atoms with Crippen molar-refractivity contribution in [1.82, 2.24) is 34.9 Å². The highest BCUT2D eigenvalue weighted by Gasteiger charge is 2.12. The van der Waals surface area contributed by atoms with E-state index in [1.54, 1.807) is 18.3 Å². The number of amides is 1. The van der Waals surface area contributed by atoms with Gasteiger partial charge in [0.05, 0.1) is 11.0 Å². The van der Waals surface area contributed by atoms with Crippen molar-refractivity contribution in [1.29, 1.82) is 0 Å². The molecule has 0 aliphatic carbocycles. The number of imidazole rings is 1. The summed E-state index contributed by atoms with van der Waals surface area (Å²) in [5.74, 6) is 1.49. The molecule has 3 aromatic heterocycles. The summed E-state index contributed by atoms with van der Waals surface area (Å²) in [6.45, 7) is 5.94. The average Bonchev–Trinajstić information content (AvgIpc) is 3.29. The summed E-state index contributed by atoms with van der Waals surface area (Å²) in [7, 11) is 0. The van der Waals surface area contributed by atoms with Gasteiger partial charge in [-0.15, -0.1) is 5.10 Å². The van der Waals surface area contributed by atoms with Crippen LogP contribution >= 0.6 is 0 Å². The summed E-state index contributed by atoms with van der Waals surface area (Å²) in [5, 5.41) is 14.2. The van der Waals surface area contributed by atoms with Gasteiger partial charge in [-0.3, -0.25) is 4.79 Å². The van der Waals surface area contributed by atoms with Crippen LogP contribution in [0.25, 0.3) is 16.7 Å². The Labute approximate surface area is 162 Å². The number of pyridine rings is 1. The molecule has 0 saturated carbocycles. The summed E-state index contributed by atoms with van der Waals surface area (Å²) >= 11 is 0. The number of para-hydroxylation sites is 2. The number of nitrogens with one attached hydrogen (secondary N) is 1. The highest BCUT2D eigenvalue weighted by atomic mass is 16.1. The van der Waals surface area contributed by atoms with Crippen molar-refractivity contribution in [2.24, 2.45) is 5.92 Å². The lowest BCUT2D eigenvalue weighted by Crippen LogP contribution is -2.25. The van der Waals surface area contributed by atoms with Crippen LogP contribution in [0.1, 0.15) is 36.5 Å². The first-order valence-electron chi connectivity index (χ1n) is 9.52. The molecule has 4 aromatic rings. The minimum absolute atomic E-state index is 0.124. The second-order valence-corrected chi connectivity index (χ2v) is 7.28. The molecule has 1 aromatic carbocycles. The maximum atomic E-state index is 12.4. The molecule has 3 heterocycles. The van der Waals surface area contributed by atoms with Gasteiger partial charge in [-0.05, 0) is 47.0 Å². The fourth-order valence-corrected chi connectivity index (χ4v) is 3.32. The molecule has 0 spiro atoms. The third-order valence-electron chi connectivity index (χ3n) is 4.60. The lowest BCUT2D eigenvalue weighted by atomic mass is 10.2. The Balaban J connectivity index is 1.39. The molecule has 0 fully saturated rings. The molecule has 8 nitrogen and oxygen atoms in total. The minimum Gasteiger partial charge on any atom is -0.352 e. The zero-order chi connectivity index (χ0) is 19.5. The maximum Gasteiger partial charge on any atom is 0.251 e. The van der Waals surface area contributed by atoms with E-state index in [1.807, 2.05) is 18.2 Å². The molecule has 144 valence electrons. The third-order valence-corrected chi connectivity index (χ3v) is 4.60. The number of fused-ring (bicyclic) bond motifs is 2. The minimum atomic E-state index is -0.124. The van der Waals surface area contributed by atoms with Crippen LogP contribution in [-0.2, 0) is 13.0 Å². The van der Waals surface area contributed by atoms with Crippen molar-refractivity contribution in [2.45, 2.75) is 33.2 Å². The van der Waals surface area contributed by atoms with Gasteiger partial charge in [-0.25, -0.2) is 9.50 Å². The van der Waals surface area contributed by atoms with Crippen molar-refractivity contribution in [3.8, 4) is 0 Å². The van der Waals surface area contributed by atoms with E-state index in [0.717, 1.165) is 30.7 Å². The Morgan fingerprint density at radius 1 is 1.21 bits per heavy atom. The molecular weight excluding hydrogens is 354 g/mol. The number of aryl methyl sites for hydroxylation is 1. The van der Waals surface area contributed by atoms with E-state index in [1.165, 1.54) is 10.0 Å². The number of nitrogens with zero attached hydrogens (tertiary/aromatic N) is 6. The Kier molecular flexibility index (Phi) is 5.01. The number of benzene rings is 1. The SMILES string of the molecule is CC(C)Cn1c(CCCNC(=O)c2ccn3nnnc3c2)nc2ccccc21. The van der Waals surface area contributed by atoms with Crippen LogP contribution in [0, 0.1) is 5.92 Å². The van der Waals surface area contributed by atoms with Gasteiger partial charge in [0, 0.05) is 31.3 Å². The fraction of sp³-hybridized carbons (Fsp3) is 0.350. The molecule has 0 radical (unpaired) electrons. The van der Waals surface area contributed by atoms with Gasteiger partial charge < -0.3 is 9.88 Å². The van der Waals surface area contributed by atoms with Crippen molar-refractivity contribution in [2.75, 3.05) is 6.54 Å². The zero-order valence-electron chi connectivity index (χ0n) is 16.0. The van der Waals surface area contributed by atoms with E-state index in [2.05, 4.69) is 45.3 Å². The highest BCUT2D eigenvalue weighted by molar-refractivity contribution is 5.94. The van der Waals surface area contributed by atoms with E-state index in [9.17, 15) is 4.79 Å². The first-order valence-corrected chi connectivity index (χ1v) is 9.52. The number of hydrogen-bond acceptors (Lipinski definition) is 5. The summed E-state index contributed by atoms with van der Waals surface area (Å²) in [6.07, 6.45) is 3.31. The quantitative estimate of drug-likeness (QED) is 0.500. The van der Waals surface area contributed by atoms with Crippen LogP contribution in [0.4, 0.5) is 0 Å². The summed E-state index contributed by atoms with van der Waals surface area (Å²) < 4.78 is 3.82. The smallest absolute Gasteiger partial charge is 0.251 e. The monoisotopic (exact) mass is 377 g/mol. The largest absolute Gasteiger partial charge is 0.352 e. The molecule has 1 amide bonds. The van der Waals surface area contributed by atoms with Gasteiger partial charge in [0.2, 0.25) is 0 Å². The topological polar surface area (TPSA) is 90.0 Å². The molecule has 0 saturated heterocycles. The standard InChI is InChI=1S/C20H23N7O/c1-14(2)13-26-17-7-4-3-6-16(17)22-18(26)8-5-10-21-20(28)15-9-11-27-19(12-15)23-24-25-27/h3-4,6-7,9,11-12,14H,5,8,10,13H2,1-2H3,(H,21,28). The number of carbonyl (C=O) groups excluding carboxylic acids is 1. The van der Waals surface area contributed by atoms with E-state index in [4.69, 9.17) is 4.98 Å². The maximum absolute atomic E-state index is 12.4. The predicted molar refractivity (Wildman–Crippen MR) is 106 cm³/mol. The van der Waals surface area contributed by atoms with Crippen LogP contribution in [0.5, 0.6) is 0 Å². The lowest BCUT2D eigenvalue weighted by molar-refractivity contribution is 0.0953. The number of carbonyl (C=O) groups is 1. The van der Waals surface area contributed by atoms with Gasteiger partial charge in [0.1, 0.15) is 5.82 Å². The normalized spacial score (nSPS) is 11.5. The summed E-state index contributed by atoms with van der Waals surface area (Å²) in [6, 6.07) is 11.6. The molecule has 1 N–H and O–H groups in total. The Hall–Kier alpha value is -3.29. The van der Waals surface area contributed by atoms with E-state index in [-0.39, 0.29) is 5.91 Å². The molecule has 0 aliphatic rings. The van der Waals surface area contributed by atoms with Gasteiger partial charge in [0.15, 0.2) is 5.65 Å². The van der Waals surface area contributed by atoms with Crippen molar-refractivity contribution >= 4 is 22.6 Å². The van der Waals surface area contributed by atoms with Crippen molar-refractivity contribution < 1.29 is 4.79 Å². The van der Waals surface area contributed by atoms with Gasteiger partial charge in [-0.1, -0.05) is 26.0 Å². The first-order chi connectivity index (χ1) is 13.6. The molecule has 8 heteroatoms. The van der Waals surface area contributed by atoms with E-state index >= 15 is 0 Å². The molecular formula is C20H23N7O. The highest BCUT2D eigenvalue weighted by Crippen LogP contribution is 2.18. The molecule has 0 unspecified atom stereocenters. The predicted octanol–water partition coefficient (Wildman–Crippen LogP) is 2.49. The van der Waals surface area contributed by atoms with Crippen LogP contribution in [-0.4, -0.2) is 42.0 Å². The van der Waals surface area contributed by atoms with E-state index < -0.39 is 0 Å². The molecule has 0 atom stereocenters. The van der Waals surface area contributed by atoms with Crippen LogP contribution < -0.4 is 5.32 Å². The summed E-state index contributed by atoms with van der Waals surface area (Å²) in [4.78, 5) is 17.2. The first kappa shape index (κ1) is 18.1. The molecule has 28 heavy (non-hydrogen) atoms. The average molecular weight is 377 g/mol. The third kappa shape index (κ3) is 3.71. The molecule has 0 bridgehead atoms. The van der Waals surface area contributed by atoms with Gasteiger partial charge in [-0.2, -0.15) is 0 Å². The molecule has 0 aliphatic heterocycles.